The fourth-order valence-electron chi connectivity index (χ4n) is 9.74. The molecule has 79 heavy (non-hydrogen) atoms. The molecule has 3 aromatic heterocycles. The van der Waals surface area contributed by atoms with Gasteiger partial charge in [0.05, 0.1) is 25.0 Å². The number of amides is 4. The van der Waals surface area contributed by atoms with Crippen molar-refractivity contribution >= 4 is 52.3 Å². The van der Waals surface area contributed by atoms with Gasteiger partial charge in [-0.3, -0.25) is 29.1 Å². The molecule has 418 valence electrons. The van der Waals surface area contributed by atoms with Crippen LogP contribution in [0.2, 0.25) is 0 Å². The number of pyridine rings is 1. The van der Waals surface area contributed by atoms with Crippen LogP contribution in [-0.2, 0) is 36.9 Å². The summed E-state index contributed by atoms with van der Waals surface area (Å²) in [5.74, 6) is -0.938. The Balaban J connectivity index is 0.653. The number of hydrogen-bond acceptors (Lipinski definition) is 14. The number of ether oxygens (including phenoxy) is 2. The number of aromatic nitrogens is 4. The lowest BCUT2D eigenvalue weighted by atomic mass is 9.85. The van der Waals surface area contributed by atoms with Crippen molar-refractivity contribution in [1.29, 1.82) is 0 Å². The Labute approximate surface area is 467 Å². The zero-order valence-electron chi connectivity index (χ0n) is 46.1. The number of unbranched alkanes of at least 4 members (excludes halogenated alkanes) is 3. The fourth-order valence-corrected chi connectivity index (χ4v) is 10.6. The van der Waals surface area contributed by atoms with Gasteiger partial charge in [-0.15, -0.1) is 0 Å². The fraction of sp³-hybridized carbons (Fsp3) is 0.433. The number of nitrogens with one attached hydrogen (secondary N) is 5. The molecule has 3 atom stereocenters. The van der Waals surface area contributed by atoms with Gasteiger partial charge in [0.2, 0.25) is 29.2 Å². The number of nitrogens with zero attached hydrogens (tertiary/aromatic N) is 6. The Morgan fingerprint density at radius 2 is 1.58 bits per heavy atom. The van der Waals surface area contributed by atoms with Crippen LogP contribution in [0, 0.1) is 19.3 Å². The van der Waals surface area contributed by atoms with Crippen LogP contribution in [-0.4, -0.2) is 142 Å². The summed E-state index contributed by atoms with van der Waals surface area (Å²) >= 11 is 1.63. The summed E-state index contributed by atoms with van der Waals surface area (Å²) in [6.07, 6.45) is 8.72. The lowest BCUT2D eigenvalue weighted by Gasteiger charge is -2.35. The van der Waals surface area contributed by atoms with Gasteiger partial charge in [0, 0.05) is 107 Å². The Hall–Kier alpha value is -7.00. The predicted molar refractivity (Wildman–Crippen MR) is 306 cm³/mol. The number of thiazole rings is 1. The molecular weight excluding hydrogens is 1020 g/mol. The number of β-amino-alcohol motifs (C(OH)–C–C–N with tert-alkyl or cyclic N) is 1. The van der Waals surface area contributed by atoms with E-state index in [0.717, 1.165) is 109 Å². The third kappa shape index (κ3) is 17.0. The molecule has 2 aliphatic heterocycles. The van der Waals surface area contributed by atoms with Crippen molar-refractivity contribution < 1.29 is 38.7 Å². The lowest BCUT2D eigenvalue weighted by molar-refractivity contribution is -0.379. The summed E-state index contributed by atoms with van der Waals surface area (Å²) in [5.41, 5.74) is 10.2. The molecule has 19 heteroatoms. The maximum atomic E-state index is 14.0. The second-order valence-electron chi connectivity index (χ2n) is 21.5. The number of aryl methyl sites for hydroxylation is 2. The number of piperazine rings is 1. The molecular formula is C60H76N11O7S+. The van der Waals surface area contributed by atoms with Crippen LogP contribution in [0.25, 0.3) is 21.7 Å². The summed E-state index contributed by atoms with van der Waals surface area (Å²) in [6, 6.07) is 25.4. The molecule has 0 bridgehead atoms. The highest BCUT2D eigenvalue weighted by atomic mass is 32.1. The van der Waals surface area contributed by atoms with Gasteiger partial charge in [-0.25, -0.2) is 15.0 Å². The van der Waals surface area contributed by atoms with Crippen molar-refractivity contribution in [2.24, 2.45) is 5.41 Å². The molecule has 2 fully saturated rings. The topological polar surface area (TPSA) is 218 Å². The highest BCUT2D eigenvalue weighted by Gasteiger charge is 2.44. The van der Waals surface area contributed by atoms with E-state index in [1.807, 2.05) is 125 Å². The molecule has 18 nitrogen and oxygen atoms in total. The van der Waals surface area contributed by atoms with Crippen LogP contribution < -0.4 is 26.3 Å². The summed E-state index contributed by atoms with van der Waals surface area (Å²) in [5, 5.41) is 22.7. The third-order valence-corrected chi connectivity index (χ3v) is 15.3. The molecule has 5 heterocycles. The average molecular weight is 1100 g/mol. The molecule has 0 saturated carbocycles. The van der Waals surface area contributed by atoms with Crippen molar-refractivity contribution in [3.05, 3.63) is 137 Å². The van der Waals surface area contributed by atoms with Crippen molar-refractivity contribution in [3.63, 3.8) is 0 Å². The van der Waals surface area contributed by atoms with Gasteiger partial charge >= 0.3 is 0 Å². The molecule has 8 rings (SSSR count). The van der Waals surface area contributed by atoms with Crippen molar-refractivity contribution in [2.45, 2.75) is 98.0 Å². The maximum Gasteiger partial charge on any atom is 0.255 e. The number of carbonyl (C=O) groups is 4. The number of H-pyrrole nitrogens is 1. The minimum Gasteiger partial charge on any atom is -0.391 e. The van der Waals surface area contributed by atoms with Crippen LogP contribution in [0.5, 0.6) is 0 Å². The Kier molecular flexibility index (Phi) is 20.8. The molecule has 0 spiro atoms. The molecule has 0 radical (unpaired) electrons. The second-order valence-corrected chi connectivity index (χ2v) is 22.4. The summed E-state index contributed by atoms with van der Waals surface area (Å²) in [4.78, 5) is 77.8. The van der Waals surface area contributed by atoms with E-state index in [0.29, 0.717) is 30.4 Å². The normalized spacial score (nSPS) is 16.4. The number of aromatic amines is 1. The number of benzene rings is 3. The molecule has 2 aliphatic rings. The first-order chi connectivity index (χ1) is 38.2. The van der Waals surface area contributed by atoms with Gasteiger partial charge < -0.3 is 45.6 Å². The monoisotopic (exact) mass is 1090 g/mol. The second kappa shape index (κ2) is 28.2. The first-order valence-electron chi connectivity index (χ1n) is 27.4. The highest BCUT2D eigenvalue weighted by molar-refractivity contribution is 7.13. The zero-order chi connectivity index (χ0) is 55.7. The van der Waals surface area contributed by atoms with Crippen molar-refractivity contribution in [2.75, 3.05) is 76.3 Å². The van der Waals surface area contributed by atoms with E-state index in [1.165, 1.54) is 10.5 Å². The molecule has 6 aromatic rings. The van der Waals surface area contributed by atoms with Gasteiger partial charge in [0.25, 0.3) is 5.91 Å². The van der Waals surface area contributed by atoms with E-state index in [9.17, 15) is 24.3 Å². The molecule has 0 aliphatic carbocycles. The maximum absolute atomic E-state index is 14.0. The molecule has 3 aromatic carbocycles. The number of anilines is 3. The smallest absolute Gasteiger partial charge is 0.255 e. The van der Waals surface area contributed by atoms with Crippen LogP contribution in [0.1, 0.15) is 85.6 Å². The van der Waals surface area contributed by atoms with Crippen molar-refractivity contribution in [3.8, 4) is 21.7 Å². The van der Waals surface area contributed by atoms with Gasteiger partial charge in [-0.05, 0) is 96.4 Å². The van der Waals surface area contributed by atoms with E-state index in [1.54, 1.807) is 29.9 Å². The van der Waals surface area contributed by atoms with Crippen molar-refractivity contribution in [1.82, 2.24) is 40.3 Å². The third-order valence-electron chi connectivity index (χ3n) is 14.3. The minimum atomic E-state index is -0.938. The van der Waals surface area contributed by atoms with Crippen LogP contribution in [0.15, 0.2) is 109 Å². The zero-order valence-corrected chi connectivity index (χ0v) is 46.9. The summed E-state index contributed by atoms with van der Waals surface area (Å²) in [6.45, 7) is 16.8. The van der Waals surface area contributed by atoms with E-state index >= 15 is 0 Å². The highest BCUT2D eigenvalue weighted by Crippen LogP contribution is 2.29. The van der Waals surface area contributed by atoms with E-state index in [-0.39, 0.29) is 44.5 Å². The Morgan fingerprint density at radius 3 is 2.32 bits per heavy atom. The number of hydrogen-bond donors (Lipinski definition) is 5. The number of rotatable bonds is 25. The Bertz CT molecular complexity index is 2950. The number of likely N-dealkylation sites (tertiary alicyclic amines) is 1. The minimum absolute atomic E-state index is 0.00193. The van der Waals surface area contributed by atoms with E-state index in [2.05, 4.69) is 51.0 Å². The van der Waals surface area contributed by atoms with E-state index in [4.69, 9.17) is 9.47 Å². The van der Waals surface area contributed by atoms with Gasteiger partial charge in [0.1, 0.15) is 23.6 Å². The Morgan fingerprint density at radius 1 is 0.835 bits per heavy atom. The molecule has 6 N–H and O–H groups in total. The number of carbonyl (C=O) groups excluding carboxylic acids is 4. The van der Waals surface area contributed by atoms with Gasteiger partial charge in [-0.2, -0.15) is 0 Å². The average Bonchev–Trinajstić information content (AvgIpc) is 4.18. The first kappa shape index (κ1) is 58.2. The molecule has 0 unspecified atom stereocenters. The lowest BCUT2D eigenvalue weighted by Crippen LogP contribution is -2.58. The largest absolute Gasteiger partial charge is 0.391 e. The van der Waals surface area contributed by atoms with Gasteiger partial charge in [-0.1, -0.05) is 87.4 Å². The van der Waals surface area contributed by atoms with Gasteiger partial charge in [0.15, 0.2) is 5.69 Å². The predicted octanol–water partition coefficient (Wildman–Crippen LogP) is 7.21. The molecule has 2 saturated heterocycles. The summed E-state index contributed by atoms with van der Waals surface area (Å²) < 4.78 is 11.4. The summed E-state index contributed by atoms with van der Waals surface area (Å²) in [7, 11) is 0. The first-order valence-corrected chi connectivity index (χ1v) is 28.3. The van der Waals surface area contributed by atoms with Crippen LogP contribution in [0.4, 0.5) is 17.3 Å². The SMILES string of the molecule is Cc1ccc(NC(=O)c2ccc(CN3CCN(CCCCCCOCCOCC(=O)N[C@H](C(=O)N4C[C@H](O)C[C@H]4C(=O)NCc4ccc(-c5sc[nH+]c5C)cc4)C(C)(C)C)CC3)cc2)cc1Nc1nccc(-c2cccnc2)n1. The number of aliphatic hydroxyl groups is 1. The van der Waals surface area contributed by atoms with Crippen LogP contribution >= 0.6 is 11.3 Å². The van der Waals surface area contributed by atoms with Crippen LogP contribution in [0.3, 0.4) is 0 Å². The quantitative estimate of drug-likeness (QED) is 0.0359. The number of aliphatic hydroxyl groups excluding tert-OH is 1. The van der Waals surface area contributed by atoms with E-state index < -0.39 is 35.4 Å². The standard InChI is InChI=1S/C60H75N11O7S/c1-41-12-21-48(33-51(41)67-59-62-24-22-50(66-59)47-11-10-23-61-36-47)65-56(74)46-19-15-44(16-20-46)37-70-28-26-69(27-29-70)25-8-6-7-9-30-77-31-32-78-39-53(73)68-55(60(3,4)5)58(76)71-38-49(72)34-52(71)57(75)63-35-43-13-17-45(18-14-43)54-42(2)64-40-79-54/h10-24,33,36,40,49,52,55,72H,6-9,25-32,34-35,37-39H2,1-5H3,(H,63,75)(H,65,74)(H,68,73)(H,62,66,67)/p+1/t49-,52+,55-/m1/s1. The molecule has 4 amide bonds.